The summed E-state index contributed by atoms with van der Waals surface area (Å²) in [7, 11) is 0. The van der Waals surface area contributed by atoms with Crippen molar-refractivity contribution < 1.29 is 10.5 Å². The van der Waals surface area contributed by atoms with E-state index < -0.39 is 0 Å². The van der Waals surface area contributed by atoms with Gasteiger partial charge in [0.1, 0.15) is 0 Å². The van der Waals surface area contributed by atoms with E-state index in [2.05, 4.69) is 64.1 Å². The van der Waals surface area contributed by atoms with Crippen LogP contribution in [0.2, 0.25) is 0 Å². The van der Waals surface area contributed by atoms with Crippen LogP contribution < -0.4 is 0 Å². The quantitative estimate of drug-likeness (QED) is 0.568. The molecule has 0 aliphatic carbocycles. The zero-order valence-corrected chi connectivity index (χ0v) is 11.4. The monoisotopic (exact) mass is 244 g/mol. The molecule has 2 heteroatoms. The Morgan fingerprint density at radius 1 is 0.722 bits per heavy atom. The van der Waals surface area contributed by atoms with E-state index in [4.69, 9.17) is 10.5 Å². The molecule has 2 aromatic carbocycles. The molecular weight excluding hydrogens is 224 g/mol. The molecule has 0 unspecified atom stereocenters. The van der Waals surface area contributed by atoms with Crippen molar-refractivity contribution in [2.75, 3.05) is 0 Å². The molecule has 0 spiro atoms. The molecule has 0 saturated heterocycles. The highest BCUT2D eigenvalue weighted by Gasteiger charge is 2.08. The van der Waals surface area contributed by atoms with Crippen molar-refractivity contribution in [3.8, 4) is 11.1 Å². The van der Waals surface area contributed by atoms with E-state index in [0.29, 0.717) is 0 Å². The maximum Gasteiger partial charge on any atom is -0.0149 e. The summed E-state index contributed by atoms with van der Waals surface area (Å²) in [5.74, 6) is 0. The third kappa shape index (κ3) is 2.78. The second-order valence-electron chi connectivity index (χ2n) is 4.48. The molecule has 0 radical (unpaired) electrons. The van der Waals surface area contributed by atoms with Gasteiger partial charge in [-0.25, -0.2) is 0 Å². The Morgan fingerprint density at radius 2 is 1.28 bits per heavy atom. The molecule has 18 heavy (non-hydrogen) atoms. The van der Waals surface area contributed by atoms with Crippen molar-refractivity contribution in [2.45, 2.75) is 27.7 Å². The Bertz CT molecular complexity index is 516. The summed E-state index contributed by atoms with van der Waals surface area (Å²) < 4.78 is 0. The smallest absolute Gasteiger partial charge is 0.0149 e. The minimum absolute atomic E-state index is 1.31. The van der Waals surface area contributed by atoms with Crippen LogP contribution in [-0.2, 0) is 0 Å². The van der Waals surface area contributed by atoms with Crippen molar-refractivity contribution >= 4 is 0 Å². The Hall–Kier alpha value is -1.64. The average Bonchev–Trinajstić information content (AvgIpc) is 2.44. The lowest BCUT2D eigenvalue weighted by molar-refractivity contribution is -0.176. The Labute approximate surface area is 108 Å². The predicted molar refractivity (Wildman–Crippen MR) is 76.1 cm³/mol. The van der Waals surface area contributed by atoms with Gasteiger partial charge in [-0.15, -0.1) is 0 Å². The third-order valence-corrected chi connectivity index (χ3v) is 3.57. The molecule has 2 aromatic rings. The predicted octanol–water partition coefficient (Wildman–Crippen LogP) is 4.60. The van der Waals surface area contributed by atoms with Crippen molar-refractivity contribution in [1.82, 2.24) is 0 Å². The summed E-state index contributed by atoms with van der Waals surface area (Å²) in [5.41, 5.74) is 8.28. The van der Waals surface area contributed by atoms with Crippen molar-refractivity contribution in [3.63, 3.8) is 0 Å². The number of hydrogen-bond donors (Lipinski definition) is 2. The van der Waals surface area contributed by atoms with Crippen LogP contribution in [0.3, 0.4) is 0 Å². The lowest BCUT2D eigenvalue weighted by Gasteiger charge is -2.14. The maximum atomic E-state index is 6.00. The summed E-state index contributed by atoms with van der Waals surface area (Å²) in [5, 5.41) is 12.0. The minimum Gasteiger partial charge on any atom is -0.255 e. The zero-order valence-electron chi connectivity index (χ0n) is 11.4. The second-order valence-corrected chi connectivity index (χ2v) is 4.48. The van der Waals surface area contributed by atoms with Crippen LogP contribution in [0, 0.1) is 27.7 Å². The van der Waals surface area contributed by atoms with Gasteiger partial charge in [-0.1, -0.05) is 36.4 Å². The van der Waals surface area contributed by atoms with Gasteiger partial charge in [-0.05, 0) is 61.1 Å². The van der Waals surface area contributed by atoms with Crippen LogP contribution in [0.1, 0.15) is 22.3 Å². The largest absolute Gasteiger partial charge is 0.255 e. The molecule has 0 heterocycles. The van der Waals surface area contributed by atoms with E-state index in [-0.39, 0.29) is 0 Å². The van der Waals surface area contributed by atoms with Gasteiger partial charge in [-0.3, -0.25) is 10.5 Å². The molecule has 0 amide bonds. The van der Waals surface area contributed by atoms with Crippen LogP contribution >= 0.6 is 0 Å². The van der Waals surface area contributed by atoms with Crippen LogP contribution in [0.15, 0.2) is 36.4 Å². The molecule has 0 bridgehead atoms. The molecule has 0 aliphatic rings. The van der Waals surface area contributed by atoms with Crippen molar-refractivity contribution in [3.05, 3.63) is 58.7 Å². The molecule has 0 aromatic heterocycles. The summed E-state index contributed by atoms with van der Waals surface area (Å²) in [6.45, 7) is 8.81. The second kappa shape index (κ2) is 6.34. The van der Waals surface area contributed by atoms with Crippen molar-refractivity contribution in [1.29, 1.82) is 0 Å². The normalized spacial score (nSPS) is 9.67. The Balaban J connectivity index is 0.000000771. The summed E-state index contributed by atoms with van der Waals surface area (Å²) in [4.78, 5) is 0. The first-order valence-electron chi connectivity index (χ1n) is 5.94. The first kappa shape index (κ1) is 14.4. The van der Waals surface area contributed by atoms with E-state index in [0.717, 1.165) is 0 Å². The number of rotatable bonds is 1. The molecule has 0 fully saturated rings. The van der Waals surface area contributed by atoms with Crippen LogP contribution in [0.4, 0.5) is 0 Å². The number of hydrogen-bond acceptors (Lipinski definition) is 2. The Kier molecular flexibility index (Phi) is 5.08. The molecule has 0 saturated carbocycles. The van der Waals surface area contributed by atoms with Crippen LogP contribution in [-0.4, -0.2) is 10.5 Å². The highest BCUT2D eigenvalue weighted by molar-refractivity contribution is 5.70. The third-order valence-electron chi connectivity index (χ3n) is 3.57. The maximum absolute atomic E-state index is 6.00. The molecular formula is C16H20O2. The zero-order chi connectivity index (χ0) is 13.7. The minimum atomic E-state index is 1.31. The molecule has 0 atom stereocenters. The average molecular weight is 244 g/mol. The van der Waals surface area contributed by atoms with Gasteiger partial charge in [0.25, 0.3) is 0 Å². The topological polar surface area (TPSA) is 40.5 Å². The Morgan fingerprint density at radius 3 is 1.83 bits per heavy atom. The molecule has 2 N–H and O–H groups in total. The lowest BCUT2D eigenvalue weighted by Crippen LogP contribution is -1.94. The number of aryl methyl sites for hydroxylation is 1. The molecule has 2 rings (SSSR count). The summed E-state index contributed by atoms with van der Waals surface area (Å²) in [6.07, 6.45) is 0. The highest BCUT2D eigenvalue weighted by atomic mass is 17.0. The fourth-order valence-corrected chi connectivity index (χ4v) is 2.13. The van der Waals surface area contributed by atoms with Gasteiger partial charge in [0.15, 0.2) is 0 Å². The first-order chi connectivity index (χ1) is 8.61. The summed E-state index contributed by atoms with van der Waals surface area (Å²) >= 11 is 0. The van der Waals surface area contributed by atoms with E-state index in [9.17, 15) is 0 Å². The van der Waals surface area contributed by atoms with E-state index in [1.165, 1.54) is 33.4 Å². The van der Waals surface area contributed by atoms with Crippen LogP contribution in [0.25, 0.3) is 11.1 Å². The van der Waals surface area contributed by atoms with Gasteiger partial charge < -0.3 is 0 Å². The number of benzene rings is 2. The van der Waals surface area contributed by atoms with E-state index in [1.807, 2.05) is 0 Å². The molecule has 2 nitrogen and oxygen atoms in total. The first-order valence-corrected chi connectivity index (χ1v) is 5.94. The molecule has 0 aliphatic heterocycles. The van der Waals surface area contributed by atoms with Gasteiger partial charge in [-0.2, -0.15) is 0 Å². The van der Waals surface area contributed by atoms with E-state index >= 15 is 0 Å². The fraction of sp³-hybridized carbons (Fsp3) is 0.250. The summed E-state index contributed by atoms with van der Waals surface area (Å²) in [6, 6.07) is 12.9. The SMILES string of the molecule is Cc1cc(-c2ccccc2)c(C)c(C)c1C.OO. The van der Waals surface area contributed by atoms with Gasteiger partial charge >= 0.3 is 0 Å². The fourth-order valence-electron chi connectivity index (χ4n) is 2.13. The van der Waals surface area contributed by atoms with Gasteiger partial charge in [0.2, 0.25) is 0 Å². The highest BCUT2D eigenvalue weighted by Crippen LogP contribution is 2.29. The van der Waals surface area contributed by atoms with E-state index in [1.54, 1.807) is 0 Å². The molecule has 96 valence electrons. The van der Waals surface area contributed by atoms with Crippen molar-refractivity contribution in [2.24, 2.45) is 0 Å². The standard InChI is InChI=1S/C16H18.H2O2/c1-11-10-16(14(4)13(3)12(11)2)15-8-6-5-7-9-15;1-2/h5-10H,1-4H3;1-2H. The van der Waals surface area contributed by atoms with Gasteiger partial charge in [0, 0.05) is 0 Å². The lowest BCUT2D eigenvalue weighted by atomic mass is 9.91. The van der Waals surface area contributed by atoms with Crippen LogP contribution in [0.5, 0.6) is 0 Å². The van der Waals surface area contributed by atoms with Gasteiger partial charge in [0.05, 0.1) is 0 Å².